The van der Waals surface area contributed by atoms with Crippen molar-refractivity contribution in [2.24, 2.45) is 5.92 Å². The summed E-state index contributed by atoms with van der Waals surface area (Å²) in [6.45, 7) is 0. The number of amides is 1. The third-order valence-corrected chi connectivity index (χ3v) is 6.61. The summed E-state index contributed by atoms with van der Waals surface area (Å²) < 4.78 is 24.4. The number of carbonyl (C=O) groups excluding carboxylic acids is 1. The monoisotopic (exact) mass is 441 g/mol. The Morgan fingerprint density at radius 2 is 2.00 bits per heavy atom. The van der Waals surface area contributed by atoms with Gasteiger partial charge in [-0.15, -0.1) is 0 Å². The van der Waals surface area contributed by atoms with E-state index in [1.165, 1.54) is 11.2 Å². The predicted octanol–water partition coefficient (Wildman–Crippen LogP) is 0.488. The van der Waals surface area contributed by atoms with Crippen molar-refractivity contribution >= 4 is 27.2 Å². The van der Waals surface area contributed by atoms with E-state index < -0.39 is 15.8 Å². The fraction of sp³-hybridized carbons (Fsp3) is 0.350. The summed E-state index contributed by atoms with van der Waals surface area (Å²) in [5.41, 5.74) is 4.04. The number of pyridine rings is 1. The predicted molar refractivity (Wildman–Crippen MR) is 114 cm³/mol. The van der Waals surface area contributed by atoms with Crippen molar-refractivity contribution in [3.63, 3.8) is 0 Å². The lowest BCUT2D eigenvalue weighted by atomic mass is 9.88. The molecule has 1 aromatic heterocycles. The van der Waals surface area contributed by atoms with Crippen molar-refractivity contribution < 1.29 is 13.2 Å². The van der Waals surface area contributed by atoms with E-state index in [0.717, 1.165) is 6.26 Å². The Morgan fingerprint density at radius 3 is 2.68 bits per heavy atom. The number of carbonyl (C=O) groups is 1. The molecule has 0 aliphatic carbocycles. The highest BCUT2D eigenvalue weighted by molar-refractivity contribution is 7.90. The zero-order valence-electron chi connectivity index (χ0n) is 17.0. The first-order valence-electron chi connectivity index (χ1n) is 9.74. The van der Waals surface area contributed by atoms with E-state index >= 15 is 0 Å². The number of hydrogen-bond donors (Lipinski definition) is 4. The number of sulfone groups is 1. The molecule has 2 aliphatic rings. The van der Waals surface area contributed by atoms with Gasteiger partial charge < -0.3 is 10.6 Å². The lowest BCUT2D eigenvalue weighted by Crippen LogP contribution is -2.61. The highest BCUT2D eigenvalue weighted by atomic mass is 32.2. The number of hydrogen-bond acceptors (Lipinski definition) is 9. The van der Waals surface area contributed by atoms with Crippen LogP contribution in [0.2, 0.25) is 0 Å². The van der Waals surface area contributed by atoms with Crippen molar-refractivity contribution in [2.75, 3.05) is 23.9 Å². The van der Waals surface area contributed by atoms with Crippen LogP contribution in [0.1, 0.15) is 12.0 Å². The molecule has 2 aliphatic heterocycles. The van der Waals surface area contributed by atoms with Gasteiger partial charge in [-0.3, -0.25) is 15.1 Å². The summed E-state index contributed by atoms with van der Waals surface area (Å²) in [6.07, 6.45) is 2.54. The minimum atomic E-state index is -3.44. The highest BCUT2D eigenvalue weighted by Gasteiger charge is 2.48. The zero-order valence-corrected chi connectivity index (χ0v) is 17.8. The second-order valence-electron chi connectivity index (χ2n) is 7.69. The first kappa shape index (κ1) is 21.0. The van der Waals surface area contributed by atoms with E-state index in [1.807, 2.05) is 6.07 Å². The molecule has 11 heteroatoms. The molecule has 4 N–H and O–H groups in total. The fourth-order valence-electron chi connectivity index (χ4n) is 4.03. The minimum absolute atomic E-state index is 0.0817. The number of nitriles is 1. The van der Waals surface area contributed by atoms with Gasteiger partial charge in [-0.1, -0.05) is 12.1 Å². The molecule has 10 nitrogen and oxygen atoms in total. The van der Waals surface area contributed by atoms with Gasteiger partial charge in [0.15, 0.2) is 9.84 Å². The second-order valence-corrected chi connectivity index (χ2v) is 9.68. The Bertz CT molecular complexity index is 1130. The summed E-state index contributed by atoms with van der Waals surface area (Å²) in [5.74, 6) is 0.0780. The van der Waals surface area contributed by atoms with Crippen LogP contribution in [0.15, 0.2) is 47.5 Å². The molecule has 4 unspecified atom stereocenters. The molecule has 2 fully saturated rings. The van der Waals surface area contributed by atoms with Gasteiger partial charge >= 0.3 is 0 Å². The van der Waals surface area contributed by atoms with Crippen molar-refractivity contribution in [1.82, 2.24) is 20.7 Å². The number of nitrogens with zero attached hydrogens (tertiary/aromatic N) is 3. The Hall–Kier alpha value is -3.20. The van der Waals surface area contributed by atoms with E-state index in [4.69, 9.17) is 5.26 Å². The van der Waals surface area contributed by atoms with Gasteiger partial charge in [0, 0.05) is 32.0 Å². The first-order chi connectivity index (χ1) is 14.8. The van der Waals surface area contributed by atoms with Crippen LogP contribution < -0.4 is 21.4 Å². The summed E-state index contributed by atoms with van der Waals surface area (Å²) >= 11 is 0. The van der Waals surface area contributed by atoms with Crippen molar-refractivity contribution in [3.8, 4) is 6.07 Å². The third kappa shape index (κ3) is 4.32. The molecular weight excluding hydrogens is 418 g/mol. The zero-order chi connectivity index (χ0) is 22.2. The SMILES string of the molecule is CN1NC2NC(Nc3ccc(C#N)cn3)CC(Nc3ccccc3S(C)(=O)=O)C2C1=O. The smallest absolute Gasteiger partial charge is 0.244 e. The minimum Gasteiger partial charge on any atom is -0.380 e. The Balaban J connectivity index is 1.60. The molecule has 2 saturated heterocycles. The molecular formula is C20H23N7O3S. The number of hydrazine groups is 1. The number of benzene rings is 1. The maximum absolute atomic E-state index is 12.8. The Morgan fingerprint density at radius 1 is 1.23 bits per heavy atom. The number of rotatable bonds is 5. The maximum Gasteiger partial charge on any atom is 0.244 e. The second kappa shape index (κ2) is 8.14. The number of anilines is 2. The van der Waals surface area contributed by atoms with E-state index in [-0.39, 0.29) is 29.2 Å². The number of piperidine rings is 1. The van der Waals surface area contributed by atoms with E-state index in [1.54, 1.807) is 43.4 Å². The van der Waals surface area contributed by atoms with Gasteiger partial charge in [0.2, 0.25) is 5.91 Å². The molecule has 162 valence electrons. The summed E-state index contributed by atoms with van der Waals surface area (Å²) in [7, 11) is -1.78. The molecule has 4 rings (SSSR count). The van der Waals surface area contributed by atoms with Gasteiger partial charge in [0.05, 0.1) is 34.4 Å². The largest absolute Gasteiger partial charge is 0.380 e. The third-order valence-electron chi connectivity index (χ3n) is 5.45. The van der Waals surface area contributed by atoms with Crippen LogP contribution in [0.25, 0.3) is 0 Å². The molecule has 1 aromatic carbocycles. The number of fused-ring (bicyclic) bond motifs is 1. The molecule has 0 spiro atoms. The first-order valence-corrected chi connectivity index (χ1v) is 11.6. The van der Waals surface area contributed by atoms with E-state index in [9.17, 15) is 13.2 Å². The molecule has 0 bridgehead atoms. The summed E-state index contributed by atoms with van der Waals surface area (Å²) in [5, 5.41) is 20.3. The van der Waals surface area contributed by atoms with Gasteiger partial charge in [0.25, 0.3) is 0 Å². The van der Waals surface area contributed by atoms with Crippen LogP contribution in [0, 0.1) is 17.2 Å². The maximum atomic E-state index is 12.8. The molecule has 0 saturated carbocycles. The van der Waals surface area contributed by atoms with Crippen LogP contribution in [0.5, 0.6) is 0 Å². The van der Waals surface area contributed by atoms with Crippen molar-refractivity contribution in [2.45, 2.75) is 29.7 Å². The molecule has 3 heterocycles. The summed E-state index contributed by atoms with van der Waals surface area (Å²) in [6, 6.07) is 11.8. The van der Waals surface area contributed by atoms with E-state index in [2.05, 4.69) is 26.4 Å². The highest BCUT2D eigenvalue weighted by Crippen LogP contribution is 2.31. The molecule has 1 amide bonds. The quantitative estimate of drug-likeness (QED) is 0.522. The van der Waals surface area contributed by atoms with Crippen molar-refractivity contribution in [3.05, 3.63) is 48.2 Å². The lowest BCUT2D eigenvalue weighted by molar-refractivity contribution is -0.131. The Kier molecular flexibility index (Phi) is 5.53. The molecule has 0 radical (unpaired) electrons. The fourth-order valence-corrected chi connectivity index (χ4v) is 4.88. The average molecular weight is 442 g/mol. The number of aromatic nitrogens is 1. The van der Waals surface area contributed by atoms with Crippen LogP contribution in [0.3, 0.4) is 0 Å². The van der Waals surface area contributed by atoms with Crippen LogP contribution in [-0.4, -0.2) is 56.0 Å². The lowest BCUT2D eigenvalue weighted by Gasteiger charge is -2.39. The number of para-hydroxylation sites is 1. The molecule has 31 heavy (non-hydrogen) atoms. The van der Waals surface area contributed by atoms with Crippen LogP contribution >= 0.6 is 0 Å². The van der Waals surface area contributed by atoms with Crippen LogP contribution in [0.4, 0.5) is 11.5 Å². The standard InChI is InChI=1S/C20H23N7O3S/c1-27-20(28)18-14(23-13-5-3-4-6-15(13)31(2,29)30)9-17(25-19(18)26-27)24-16-8-7-12(10-21)11-22-16/h3-8,11,14,17-19,23,25-26H,9H2,1-2H3,(H,22,24). The van der Waals surface area contributed by atoms with Crippen molar-refractivity contribution in [1.29, 1.82) is 5.26 Å². The van der Waals surface area contributed by atoms with Gasteiger partial charge in [-0.05, 0) is 24.3 Å². The summed E-state index contributed by atoms with van der Waals surface area (Å²) in [4.78, 5) is 17.2. The van der Waals surface area contributed by atoms with Gasteiger partial charge in [0.1, 0.15) is 11.9 Å². The van der Waals surface area contributed by atoms with Gasteiger partial charge in [-0.25, -0.2) is 18.8 Å². The molecule has 2 aromatic rings. The van der Waals surface area contributed by atoms with Crippen LogP contribution in [-0.2, 0) is 14.6 Å². The average Bonchev–Trinajstić information content (AvgIpc) is 3.02. The normalized spacial score (nSPS) is 25.6. The van der Waals surface area contributed by atoms with Gasteiger partial charge in [-0.2, -0.15) is 5.26 Å². The Labute approximate surface area is 180 Å². The number of nitrogens with one attached hydrogen (secondary N) is 4. The van der Waals surface area contributed by atoms with E-state index in [0.29, 0.717) is 23.5 Å². The topological polar surface area (TPSA) is 139 Å². The molecule has 4 atom stereocenters.